The summed E-state index contributed by atoms with van der Waals surface area (Å²) in [5, 5.41) is 7.70. The summed E-state index contributed by atoms with van der Waals surface area (Å²) in [5.41, 5.74) is 7.95. The molecule has 1 atom stereocenters. The van der Waals surface area contributed by atoms with Gasteiger partial charge in [0, 0.05) is 24.2 Å². The molecule has 0 amide bonds. The van der Waals surface area contributed by atoms with E-state index in [9.17, 15) is 0 Å². The second kappa shape index (κ2) is 3.75. The smallest absolute Gasteiger partial charge is 0.160 e. The van der Waals surface area contributed by atoms with Gasteiger partial charge in [-0.1, -0.05) is 0 Å². The molecule has 2 aromatic rings. The average molecular weight is 217 g/mol. The molecule has 3 N–H and O–H groups in total. The van der Waals surface area contributed by atoms with Gasteiger partial charge in [0.15, 0.2) is 5.65 Å². The first-order valence-corrected chi connectivity index (χ1v) is 5.65. The number of nitrogens with one attached hydrogen (secondary N) is 1. The molecular formula is C11H15N5. The Morgan fingerprint density at radius 2 is 2.44 bits per heavy atom. The number of fused-ring (bicyclic) bond motifs is 1. The molecule has 1 unspecified atom stereocenters. The highest BCUT2D eigenvalue weighted by atomic mass is 15.3. The van der Waals surface area contributed by atoms with Crippen LogP contribution in [0.5, 0.6) is 0 Å². The molecule has 16 heavy (non-hydrogen) atoms. The first kappa shape index (κ1) is 9.59. The summed E-state index contributed by atoms with van der Waals surface area (Å²) < 4.78 is 1.71. The van der Waals surface area contributed by atoms with Crippen LogP contribution < -0.4 is 11.1 Å². The summed E-state index contributed by atoms with van der Waals surface area (Å²) in [7, 11) is 0. The number of anilines is 1. The Balaban J connectivity index is 2.06. The van der Waals surface area contributed by atoms with Crippen LogP contribution in [0.3, 0.4) is 0 Å². The third-order valence-electron chi connectivity index (χ3n) is 3.19. The minimum atomic E-state index is 0.514. The third kappa shape index (κ3) is 1.44. The van der Waals surface area contributed by atoms with E-state index in [1.807, 2.05) is 6.20 Å². The third-order valence-corrected chi connectivity index (χ3v) is 3.19. The molecule has 0 aromatic carbocycles. The zero-order chi connectivity index (χ0) is 11.0. The maximum Gasteiger partial charge on any atom is 0.160 e. The molecule has 0 bridgehead atoms. The Kier molecular flexibility index (Phi) is 2.25. The normalized spacial score (nSPS) is 21.4. The Hall–Kier alpha value is -1.62. The highest BCUT2D eigenvalue weighted by Gasteiger charge is 2.20. The SMILES string of the molecule is Nc1ccnc2c(C3CCCNC3)cnn12. The van der Waals surface area contributed by atoms with E-state index in [1.54, 1.807) is 16.8 Å². The van der Waals surface area contributed by atoms with Gasteiger partial charge in [0.25, 0.3) is 0 Å². The van der Waals surface area contributed by atoms with Gasteiger partial charge in [-0.15, -0.1) is 0 Å². The van der Waals surface area contributed by atoms with Gasteiger partial charge in [-0.25, -0.2) is 4.98 Å². The molecule has 1 aliphatic rings. The Bertz CT molecular complexity index is 498. The summed E-state index contributed by atoms with van der Waals surface area (Å²) in [6.45, 7) is 2.13. The van der Waals surface area contributed by atoms with Gasteiger partial charge >= 0.3 is 0 Å². The molecule has 0 saturated carbocycles. The van der Waals surface area contributed by atoms with Gasteiger partial charge in [0.2, 0.25) is 0 Å². The quantitative estimate of drug-likeness (QED) is 0.740. The van der Waals surface area contributed by atoms with E-state index in [1.165, 1.54) is 18.4 Å². The number of nitrogen functional groups attached to an aromatic ring is 1. The highest BCUT2D eigenvalue weighted by Crippen LogP contribution is 2.26. The fourth-order valence-electron chi connectivity index (χ4n) is 2.33. The van der Waals surface area contributed by atoms with Crippen molar-refractivity contribution in [2.75, 3.05) is 18.8 Å². The molecule has 1 aliphatic heterocycles. The molecule has 5 nitrogen and oxygen atoms in total. The van der Waals surface area contributed by atoms with Crippen molar-refractivity contribution in [2.45, 2.75) is 18.8 Å². The predicted octanol–water partition coefficient (Wildman–Crippen LogP) is 0.778. The average Bonchev–Trinajstić information content (AvgIpc) is 2.75. The van der Waals surface area contributed by atoms with Crippen LogP contribution in [0.4, 0.5) is 5.82 Å². The van der Waals surface area contributed by atoms with Gasteiger partial charge < -0.3 is 11.1 Å². The van der Waals surface area contributed by atoms with E-state index in [-0.39, 0.29) is 0 Å². The van der Waals surface area contributed by atoms with Crippen molar-refractivity contribution in [3.63, 3.8) is 0 Å². The van der Waals surface area contributed by atoms with Crippen molar-refractivity contribution in [2.24, 2.45) is 0 Å². The van der Waals surface area contributed by atoms with E-state index >= 15 is 0 Å². The Labute approximate surface area is 93.7 Å². The fraction of sp³-hybridized carbons (Fsp3) is 0.455. The van der Waals surface area contributed by atoms with Crippen LogP contribution in [0.25, 0.3) is 5.65 Å². The van der Waals surface area contributed by atoms with Crippen LogP contribution in [-0.4, -0.2) is 27.7 Å². The first-order chi connectivity index (χ1) is 7.86. The molecule has 84 valence electrons. The minimum absolute atomic E-state index is 0.514. The minimum Gasteiger partial charge on any atom is -0.384 e. The zero-order valence-corrected chi connectivity index (χ0v) is 9.06. The molecule has 3 heterocycles. The highest BCUT2D eigenvalue weighted by molar-refractivity contribution is 5.52. The van der Waals surface area contributed by atoms with Crippen molar-refractivity contribution in [1.29, 1.82) is 0 Å². The monoisotopic (exact) mass is 217 g/mol. The summed E-state index contributed by atoms with van der Waals surface area (Å²) in [4.78, 5) is 4.37. The summed E-state index contributed by atoms with van der Waals surface area (Å²) in [6, 6.07) is 1.77. The van der Waals surface area contributed by atoms with E-state index in [0.29, 0.717) is 11.7 Å². The van der Waals surface area contributed by atoms with Crippen molar-refractivity contribution < 1.29 is 0 Å². The lowest BCUT2D eigenvalue weighted by Gasteiger charge is -2.21. The molecule has 0 spiro atoms. The van der Waals surface area contributed by atoms with Crippen molar-refractivity contribution >= 4 is 11.5 Å². The number of nitrogens with zero attached hydrogens (tertiary/aromatic N) is 3. The van der Waals surface area contributed by atoms with Gasteiger partial charge in [0.05, 0.1) is 6.20 Å². The first-order valence-electron chi connectivity index (χ1n) is 5.65. The maximum absolute atomic E-state index is 5.84. The number of hydrogen-bond donors (Lipinski definition) is 2. The van der Waals surface area contributed by atoms with Gasteiger partial charge in [-0.2, -0.15) is 9.61 Å². The van der Waals surface area contributed by atoms with E-state index in [0.717, 1.165) is 18.7 Å². The Morgan fingerprint density at radius 1 is 1.50 bits per heavy atom. The molecule has 3 rings (SSSR count). The standard InChI is InChI=1S/C11H15N5/c12-10-3-5-14-11-9(7-15-16(10)11)8-2-1-4-13-6-8/h3,5,7-8,13H,1-2,4,6,12H2. The van der Waals surface area contributed by atoms with Crippen LogP contribution >= 0.6 is 0 Å². The number of rotatable bonds is 1. The molecule has 2 aromatic heterocycles. The van der Waals surface area contributed by atoms with Crippen LogP contribution in [0, 0.1) is 0 Å². The van der Waals surface area contributed by atoms with Gasteiger partial charge in [-0.3, -0.25) is 0 Å². The maximum atomic E-state index is 5.84. The largest absolute Gasteiger partial charge is 0.384 e. The molecule has 1 fully saturated rings. The fourth-order valence-corrected chi connectivity index (χ4v) is 2.33. The van der Waals surface area contributed by atoms with Crippen LogP contribution in [0.2, 0.25) is 0 Å². The van der Waals surface area contributed by atoms with Crippen molar-refractivity contribution in [3.05, 3.63) is 24.0 Å². The second-order valence-corrected chi connectivity index (χ2v) is 4.25. The number of nitrogens with two attached hydrogens (primary N) is 1. The Morgan fingerprint density at radius 3 is 3.25 bits per heavy atom. The summed E-state index contributed by atoms with van der Waals surface area (Å²) >= 11 is 0. The lowest BCUT2D eigenvalue weighted by molar-refractivity contribution is 0.463. The lowest BCUT2D eigenvalue weighted by Crippen LogP contribution is -2.28. The van der Waals surface area contributed by atoms with E-state index in [2.05, 4.69) is 15.4 Å². The number of piperidine rings is 1. The lowest BCUT2D eigenvalue weighted by atomic mass is 9.94. The van der Waals surface area contributed by atoms with E-state index < -0.39 is 0 Å². The molecular weight excluding hydrogens is 202 g/mol. The molecule has 1 saturated heterocycles. The summed E-state index contributed by atoms with van der Waals surface area (Å²) in [6.07, 6.45) is 6.05. The number of hydrogen-bond acceptors (Lipinski definition) is 4. The van der Waals surface area contributed by atoms with Crippen LogP contribution in [0.1, 0.15) is 24.3 Å². The van der Waals surface area contributed by atoms with Crippen molar-refractivity contribution in [3.8, 4) is 0 Å². The van der Waals surface area contributed by atoms with Crippen LogP contribution in [0.15, 0.2) is 18.5 Å². The summed E-state index contributed by atoms with van der Waals surface area (Å²) in [5.74, 6) is 1.15. The number of aromatic nitrogens is 3. The second-order valence-electron chi connectivity index (χ2n) is 4.25. The van der Waals surface area contributed by atoms with Crippen LogP contribution in [-0.2, 0) is 0 Å². The van der Waals surface area contributed by atoms with Gasteiger partial charge in [-0.05, 0) is 25.5 Å². The van der Waals surface area contributed by atoms with Crippen molar-refractivity contribution in [1.82, 2.24) is 19.9 Å². The van der Waals surface area contributed by atoms with Gasteiger partial charge in [0.1, 0.15) is 5.82 Å². The molecule has 0 radical (unpaired) electrons. The predicted molar refractivity (Wildman–Crippen MR) is 62.2 cm³/mol. The molecule has 0 aliphatic carbocycles. The zero-order valence-electron chi connectivity index (χ0n) is 9.06. The topological polar surface area (TPSA) is 68.2 Å². The van der Waals surface area contributed by atoms with E-state index in [4.69, 9.17) is 5.73 Å². The molecule has 5 heteroatoms.